The molecule has 1 fully saturated rings. The monoisotopic (exact) mass is 267 g/mol. The molecule has 1 saturated heterocycles. The van der Waals surface area contributed by atoms with Crippen LogP contribution in [0.25, 0.3) is 0 Å². The van der Waals surface area contributed by atoms with Gasteiger partial charge in [-0.05, 0) is 26.0 Å². The third-order valence-electron chi connectivity index (χ3n) is 3.32. The van der Waals surface area contributed by atoms with Crippen molar-refractivity contribution in [1.82, 2.24) is 0 Å². The van der Waals surface area contributed by atoms with Gasteiger partial charge in [0, 0.05) is 12.2 Å². The van der Waals surface area contributed by atoms with Gasteiger partial charge in [-0.1, -0.05) is 0 Å². The summed E-state index contributed by atoms with van der Waals surface area (Å²) < 4.78 is 19.5. The molecule has 6 heteroatoms. The van der Waals surface area contributed by atoms with E-state index in [0.29, 0.717) is 25.4 Å². The van der Waals surface area contributed by atoms with Gasteiger partial charge >= 0.3 is 0 Å². The van der Waals surface area contributed by atoms with E-state index in [4.69, 9.17) is 16.2 Å². The first kappa shape index (κ1) is 13.6. The highest BCUT2D eigenvalue weighted by molar-refractivity contribution is 5.99. The second-order valence-electron chi connectivity index (χ2n) is 5.27. The van der Waals surface area contributed by atoms with Gasteiger partial charge in [0.05, 0.1) is 30.0 Å². The lowest BCUT2D eigenvalue weighted by Crippen LogP contribution is -2.53. The maximum Gasteiger partial charge on any atom is 0.250 e. The van der Waals surface area contributed by atoms with Crippen LogP contribution in [0.1, 0.15) is 24.2 Å². The molecule has 1 aliphatic heterocycles. The fourth-order valence-corrected chi connectivity index (χ4v) is 2.30. The number of hydrogen-bond donors (Lipinski definition) is 2. The molecule has 1 amide bonds. The van der Waals surface area contributed by atoms with Gasteiger partial charge in [-0.2, -0.15) is 0 Å². The standard InChI is InChI=1S/C13H18FN3O2/c1-13(2)7-19-4-3-17(13)11-5-8(12(16)18)10(15)6-9(11)14/h5-6H,3-4,7,15H2,1-2H3,(H2,16,18). The summed E-state index contributed by atoms with van der Waals surface area (Å²) in [5, 5.41) is 0. The summed E-state index contributed by atoms with van der Waals surface area (Å²) in [5.74, 6) is -1.12. The van der Waals surface area contributed by atoms with Gasteiger partial charge in [-0.3, -0.25) is 4.79 Å². The lowest BCUT2D eigenvalue weighted by molar-refractivity contribution is 0.0640. The minimum absolute atomic E-state index is 0.0554. The smallest absolute Gasteiger partial charge is 0.250 e. The van der Waals surface area contributed by atoms with E-state index < -0.39 is 11.7 Å². The van der Waals surface area contributed by atoms with Crippen molar-refractivity contribution in [2.45, 2.75) is 19.4 Å². The van der Waals surface area contributed by atoms with Gasteiger partial charge in [0.15, 0.2) is 0 Å². The Morgan fingerprint density at radius 1 is 1.47 bits per heavy atom. The Morgan fingerprint density at radius 3 is 2.74 bits per heavy atom. The van der Waals surface area contributed by atoms with Crippen LogP contribution in [0.4, 0.5) is 15.8 Å². The maximum atomic E-state index is 14.1. The van der Waals surface area contributed by atoms with Gasteiger partial charge in [0.25, 0.3) is 5.91 Å². The molecule has 2 rings (SSSR count). The number of rotatable bonds is 2. The minimum Gasteiger partial charge on any atom is -0.398 e. The number of benzene rings is 1. The van der Waals surface area contributed by atoms with Crippen molar-refractivity contribution in [2.75, 3.05) is 30.4 Å². The average Bonchev–Trinajstić information content (AvgIpc) is 2.29. The molecule has 5 nitrogen and oxygen atoms in total. The fraction of sp³-hybridized carbons (Fsp3) is 0.462. The van der Waals surface area contributed by atoms with Crippen LogP contribution in [0, 0.1) is 5.82 Å². The molecule has 1 heterocycles. The number of morpholine rings is 1. The van der Waals surface area contributed by atoms with E-state index in [0.717, 1.165) is 6.07 Å². The average molecular weight is 267 g/mol. The summed E-state index contributed by atoms with van der Waals surface area (Å²) in [7, 11) is 0. The molecule has 0 radical (unpaired) electrons. The minimum atomic E-state index is -0.662. The molecule has 0 spiro atoms. The van der Waals surface area contributed by atoms with Crippen molar-refractivity contribution in [3.8, 4) is 0 Å². The number of nitrogen functional groups attached to an aromatic ring is 1. The number of carbonyl (C=O) groups is 1. The molecule has 0 saturated carbocycles. The van der Waals surface area contributed by atoms with Crippen LogP contribution in [-0.4, -0.2) is 31.2 Å². The summed E-state index contributed by atoms with van der Waals surface area (Å²) in [6, 6.07) is 2.56. The molecule has 1 aromatic rings. The molecule has 19 heavy (non-hydrogen) atoms. The molecule has 0 aliphatic carbocycles. The first-order valence-electron chi connectivity index (χ1n) is 6.07. The lowest BCUT2D eigenvalue weighted by atomic mass is 10.00. The van der Waals surface area contributed by atoms with E-state index in [-0.39, 0.29) is 16.8 Å². The second-order valence-corrected chi connectivity index (χ2v) is 5.27. The van der Waals surface area contributed by atoms with Crippen molar-refractivity contribution in [3.63, 3.8) is 0 Å². The molecular weight excluding hydrogens is 249 g/mol. The van der Waals surface area contributed by atoms with Crippen LogP contribution < -0.4 is 16.4 Å². The highest BCUT2D eigenvalue weighted by atomic mass is 19.1. The van der Waals surface area contributed by atoms with Crippen molar-refractivity contribution in [1.29, 1.82) is 0 Å². The number of halogens is 1. The van der Waals surface area contributed by atoms with Crippen LogP contribution in [-0.2, 0) is 4.74 Å². The number of amides is 1. The Morgan fingerprint density at radius 2 is 2.16 bits per heavy atom. The molecule has 104 valence electrons. The Hall–Kier alpha value is -1.82. The SMILES string of the molecule is CC1(C)COCCN1c1cc(C(N)=O)c(N)cc1F. The lowest BCUT2D eigenvalue weighted by Gasteiger charge is -2.44. The van der Waals surface area contributed by atoms with E-state index >= 15 is 0 Å². The van der Waals surface area contributed by atoms with Crippen LogP contribution in [0.15, 0.2) is 12.1 Å². The first-order valence-corrected chi connectivity index (χ1v) is 6.07. The van der Waals surface area contributed by atoms with Crippen LogP contribution in [0.5, 0.6) is 0 Å². The van der Waals surface area contributed by atoms with E-state index in [1.165, 1.54) is 6.07 Å². The van der Waals surface area contributed by atoms with Gasteiger partial charge in [0.2, 0.25) is 0 Å². The number of nitrogens with two attached hydrogens (primary N) is 2. The molecule has 4 N–H and O–H groups in total. The normalized spacial score (nSPS) is 18.4. The summed E-state index contributed by atoms with van der Waals surface area (Å²) in [6.45, 7) is 5.45. The van der Waals surface area contributed by atoms with Gasteiger partial charge in [-0.25, -0.2) is 4.39 Å². The Balaban J connectivity index is 2.49. The van der Waals surface area contributed by atoms with Gasteiger partial charge in [-0.15, -0.1) is 0 Å². The number of anilines is 2. The van der Waals surface area contributed by atoms with E-state index in [1.54, 1.807) is 0 Å². The quantitative estimate of drug-likeness (QED) is 0.787. The van der Waals surface area contributed by atoms with Gasteiger partial charge < -0.3 is 21.1 Å². The molecule has 1 aliphatic rings. The van der Waals surface area contributed by atoms with Crippen molar-refractivity contribution >= 4 is 17.3 Å². The largest absolute Gasteiger partial charge is 0.398 e. The van der Waals surface area contributed by atoms with E-state index in [9.17, 15) is 9.18 Å². The van der Waals surface area contributed by atoms with Crippen LogP contribution >= 0.6 is 0 Å². The van der Waals surface area contributed by atoms with Gasteiger partial charge in [0.1, 0.15) is 5.82 Å². The third kappa shape index (κ3) is 2.49. The summed E-state index contributed by atoms with van der Waals surface area (Å²) in [5.41, 5.74) is 11.0. The van der Waals surface area contributed by atoms with Crippen molar-refractivity contribution in [2.24, 2.45) is 5.73 Å². The zero-order valence-corrected chi connectivity index (χ0v) is 11.1. The van der Waals surface area contributed by atoms with Crippen LogP contribution in [0.2, 0.25) is 0 Å². The van der Waals surface area contributed by atoms with Crippen molar-refractivity contribution in [3.05, 3.63) is 23.5 Å². The van der Waals surface area contributed by atoms with Crippen molar-refractivity contribution < 1.29 is 13.9 Å². The molecule has 1 aromatic carbocycles. The van der Waals surface area contributed by atoms with E-state index in [1.807, 2.05) is 18.7 Å². The zero-order valence-electron chi connectivity index (χ0n) is 11.1. The highest BCUT2D eigenvalue weighted by Gasteiger charge is 2.32. The maximum absolute atomic E-state index is 14.1. The number of nitrogens with zero attached hydrogens (tertiary/aromatic N) is 1. The highest BCUT2D eigenvalue weighted by Crippen LogP contribution is 2.32. The number of carbonyl (C=O) groups excluding carboxylic acids is 1. The first-order chi connectivity index (χ1) is 8.83. The van der Waals surface area contributed by atoms with Crippen LogP contribution in [0.3, 0.4) is 0 Å². The zero-order chi connectivity index (χ0) is 14.2. The molecular formula is C13H18FN3O2. The summed E-state index contributed by atoms with van der Waals surface area (Å²) in [4.78, 5) is 13.2. The number of ether oxygens (including phenoxy) is 1. The molecule has 0 unspecified atom stereocenters. The predicted octanol–water partition coefficient (Wildman–Crippen LogP) is 1.12. The predicted molar refractivity (Wildman–Crippen MR) is 71.6 cm³/mol. The second kappa shape index (κ2) is 4.70. The summed E-state index contributed by atoms with van der Waals surface area (Å²) >= 11 is 0. The Labute approximate surface area is 111 Å². The summed E-state index contributed by atoms with van der Waals surface area (Å²) in [6.07, 6.45) is 0. The molecule has 0 bridgehead atoms. The topological polar surface area (TPSA) is 81.6 Å². The Kier molecular flexibility index (Phi) is 3.36. The third-order valence-corrected chi connectivity index (χ3v) is 3.32. The van der Waals surface area contributed by atoms with E-state index in [2.05, 4.69) is 0 Å². The number of primary amides is 1. The fourth-order valence-electron chi connectivity index (χ4n) is 2.30. The molecule has 0 atom stereocenters. The molecule has 0 aromatic heterocycles. The Bertz CT molecular complexity index is 517. The number of hydrogen-bond acceptors (Lipinski definition) is 4.